The maximum absolute atomic E-state index is 12.8. The third-order valence-corrected chi connectivity index (χ3v) is 5.30. The predicted octanol–water partition coefficient (Wildman–Crippen LogP) is 4.20. The lowest BCUT2D eigenvalue weighted by atomic mass is 9.99. The molecule has 3 nitrogen and oxygen atoms in total. The number of alkyl halides is 3. The summed E-state index contributed by atoms with van der Waals surface area (Å²) >= 11 is 1.50. The highest BCUT2D eigenvalue weighted by atomic mass is 32.1. The van der Waals surface area contributed by atoms with Gasteiger partial charge in [0.05, 0.1) is 23.6 Å². The maximum atomic E-state index is 12.8. The summed E-state index contributed by atoms with van der Waals surface area (Å²) in [6.07, 6.45) is -4.74. The topological polar surface area (TPSA) is 40.5 Å². The van der Waals surface area contributed by atoms with Crippen LogP contribution in [-0.4, -0.2) is 28.6 Å². The fourth-order valence-corrected chi connectivity index (χ4v) is 3.93. The van der Waals surface area contributed by atoms with Crippen LogP contribution in [0.15, 0.2) is 41.1 Å². The molecule has 0 spiro atoms. The van der Waals surface area contributed by atoms with E-state index in [1.807, 2.05) is 16.8 Å². The van der Waals surface area contributed by atoms with Crippen molar-refractivity contribution in [3.63, 3.8) is 0 Å². The summed E-state index contributed by atoms with van der Waals surface area (Å²) < 4.78 is 38.2. The Morgan fingerprint density at radius 3 is 2.52 bits per heavy atom. The van der Waals surface area contributed by atoms with Crippen molar-refractivity contribution in [1.29, 1.82) is 0 Å². The quantitative estimate of drug-likeness (QED) is 0.881. The maximum Gasteiger partial charge on any atom is 0.416 e. The van der Waals surface area contributed by atoms with E-state index in [9.17, 15) is 23.1 Å². The molecular weight excluding hydrogens is 351 g/mol. The Kier molecular flexibility index (Phi) is 4.88. The van der Waals surface area contributed by atoms with E-state index in [4.69, 9.17) is 0 Å². The van der Waals surface area contributed by atoms with Crippen LogP contribution in [0.2, 0.25) is 0 Å². The van der Waals surface area contributed by atoms with Crippen molar-refractivity contribution in [2.75, 3.05) is 6.54 Å². The van der Waals surface area contributed by atoms with E-state index < -0.39 is 23.9 Å². The van der Waals surface area contributed by atoms with Crippen LogP contribution < -0.4 is 0 Å². The highest BCUT2D eigenvalue weighted by Crippen LogP contribution is 2.37. The molecule has 7 heteroatoms. The molecule has 0 bridgehead atoms. The van der Waals surface area contributed by atoms with Crippen LogP contribution in [0.25, 0.3) is 0 Å². The molecule has 1 aromatic heterocycles. The lowest BCUT2D eigenvalue weighted by Gasteiger charge is -2.27. The van der Waals surface area contributed by atoms with Gasteiger partial charge in [0.1, 0.15) is 0 Å². The number of benzene rings is 1. The van der Waals surface area contributed by atoms with Gasteiger partial charge < -0.3 is 10.0 Å². The summed E-state index contributed by atoms with van der Waals surface area (Å²) in [6.45, 7) is 2.00. The Hall–Kier alpha value is -1.86. The van der Waals surface area contributed by atoms with Gasteiger partial charge in [-0.05, 0) is 53.4 Å². The second kappa shape index (κ2) is 6.80. The van der Waals surface area contributed by atoms with Crippen LogP contribution in [0.5, 0.6) is 0 Å². The number of rotatable bonds is 3. The zero-order valence-corrected chi connectivity index (χ0v) is 14.3. The minimum Gasteiger partial charge on any atom is -0.391 e. The van der Waals surface area contributed by atoms with Gasteiger partial charge in [0, 0.05) is 6.54 Å². The summed E-state index contributed by atoms with van der Waals surface area (Å²) in [7, 11) is 0. The minimum absolute atomic E-state index is 0.125. The largest absolute Gasteiger partial charge is 0.416 e. The first-order valence-electron chi connectivity index (χ1n) is 7.95. The third-order valence-electron chi connectivity index (χ3n) is 4.60. The van der Waals surface area contributed by atoms with Crippen molar-refractivity contribution in [3.8, 4) is 0 Å². The number of carbonyl (C=O) groups is 1. The fraction of sp³-hybridized carbons (Fsp3) is 0.389. The van der Waals surface area contributed by atoms with Crippen LogP contribution in [0.4, 0.5) is 13.2 Å². The number of nitrogens with zero attached hydrogens (tertiary/aromatic N) is 1. The number of likely N-dealkylation sites (tertiary alicyclic amines) is 1. The van der Waals surface area contributed by atoms with Gasteiger partial charge in [-0.25, -0.2) is 0 Å². The fourth-order valence-electron chi connectivity index (χ4n) is 3.18. The third kappa shape index (κ3) is 3.72. The van der Waals surface area contributed by atoms with Crippen LogP contribution in [0.1, 0.15) is 42.0 Å². The SMILES string of the molecule is C[C@H](C(=O)N1C[C@H](O)C[C@@H]1c1ccc(C(F)(F)F)cc1)c1ccsc1. The number of halogens is 3. The lowest BCUT2D eigenvalue weighted by Crippen LogP contribution is -2.34. The van der Waals surface area contributed by atoms with E-state index >= 15 is 0 Å². The molecule has 1 amide bonds. The van der Waals surface area contributed by atoms with E-state index in [0.29, 0.717) is 12.0 Å². The molecule has 134 valence electrons. The van der Waals surface area contributed by atoms with Crippen molar-refractivity contribution in [2.24, 2.45) is 0 Å². The van der Waals surface area contributed by atoms with E-state index in [2.05, 4.69) is 0 Å². The Bertz CT molecular complexity index is 728. The summed E-state index contributed by atoms with van der Waals surface area (Å²) in [5, 5.41) is 13.8. The molecule has 0 aliphatic carbocycles. The molecule has 1 N–H and O–H groups in total. The highest BCUT2D eigenvalue weighted by Gasteiger charge is 2.38. The zero-order chi connectivity index (χ0) is 18.2. The molecule has 1 aromatic carbocycles. The van der Waals surface area contributed by atoms with Gasteiger partial charge in [0.15, 0.2) is 0 Å². The van der Waals surface area contributed by atoms with Crippen molar-refractivity contribution in [1.82, 2.24) is 4.90 Å². The summed E-state index contributed by atoms with van der Waals surface area (Å²) in [5.41, 5.74) is 0.789. The van der Waals surface area contributed by atoms with Crippen LogP contribution >= 0.6 is 11.3 Å². The van der Waals surface area contributed by atoms with E-state index in [-0.39, 0.29) is 18.4 Å². The van der Waals surface area contributed by atoms with Crippen LogP contribution in [0, 0.1) is 0 Å². The molecule has 3 rings (SSSR count). The number of carbonyl (C=O) groups excluding carboxylic acids is 1. The molecule has 0 unspecified atom stereocenters. The second-order valence-electron chi connectivity index (χ2n) is 6.29. The predicted molar refractivity (Wildman–Crippen MR) is 89.3 cm³/mol. The van der Waals surface area contributed by atoms with Crippen molar-refractivity contribution in [2.45, 2.75) is 37.6 Å². The van der Waals surface area contributed by atoms with E-state index in [0.717, 1.165) is 17.7 Å². The average molecular weight is 369 g/mol. The first kappa shape index (κ1) is 17.9. The Morgan fingerprint density at radius 1 is 1.28 bits per heavy atom. The number of β-amino-alcohol motifs (C(OH)–C–C–N with tert-alkyl or cyclic N) is 1. The Labute approximate surface area is 147 Å². The molecule has 2 heterocycles. The molecule has 0 saturated carbocycles. The molecule has 0 radical (unpaired) electrons. The van der Waals surface area contributed by atoms with Crippen molar-refractivity contribution in [3.05, 3.63) is 57.8 Å². The van der Waals surface area contributed by atoms with Crippen molar-refractivity contribution >= 4 is 17.2 Å². The lowest BCUT2D eigenvalue weighted by molar-refractivity contribution is -0.137. The van der Waals surface area contributed by atoms with Crippen LogP contribution in [0.3, 0.4) is 0 Å². The van der Waals surface area contributed by atoms with Gasteiger partial charge in [-0.3, -0.25) is 4.79 Å². The molecule has 1 saturated heterocycles. The highest BCUT2D eigenvalue weighted by molar-refractivity contribution is 7.08. The van der Waals surface area contributed by atoms with Gasteiger partial charge in [-0.1, -0.05) is 12.1 Å². The summed E-state index contributed by atoms with van der Waals surface area (Å²) in [4.78, 5) is 14.4. The minimum atomic E-state index is -4.39. The monoisotopic (exact) mass is 369 g/mol. The van der Waals surface area contributed by atoms with Crippen LogP contribution in [-0.2, 0) is 11.0 Å². The standard InChI is InChI=1S/C18H18F3NO2S/c1-11(13-6-7-25-10-13)17(24)22-9-15(23)8-16(22)12-2-4-14(5-3-12)18(19,20)21/h2-7,10-11,15-16,23H,8-9H2,1H3/t11-,15+,16+/m0/s1. The Balaban J connectivity index is 1.83. The first-order valence-corrected chi connectivity index (χ1v) is 8.89. The van der Waals surface area contributed by atoms with Gasteiger partial charge >= 0.3 is 6.18 Å². The zero-order valence-electron chi connectivity index (χ0n) is 13.5. The molecule has 3 atom stereocenters. The molecule has 2 aromatic rings. The normalized spacial score (nSPS) is 22.2. The number of aliphatic hydroxyl groups is 1. The number of hydrogen-bond acceptors (Lipinski definition) is 3. The van der Waals surface area contributed by atoms with Crippen molar-refractivity contribution < 1.29 is 23.1 Å². The average Bonchev–Trinajstić information content (AvgIpc) is 3.22. The number of aliphatic hydroxyl groups excluding tert-OH is 1. The summed E-state index contributed by atoms with van der Waals surface area (Å²) in [6, 6.07) is 6.29. The smallest absolute Gasteiger partial charge is 0.391 e. The number of thiophene rings is 1. The van der Waals surface area contributed by atoms with Gasteiger partial charge in [0.2, 0.25) is 5.91 Å². The second-order valence-corrected chi connectivity index (χ2v) is 7.07. The first-order chi connectivity index (χ1) is 11.8. The molecule has 25 heavy (non-hydrogen) atoms. The van der Waals surface area contributed by atoms with Gasteiger partial charge in [0.25, 0.3) is 0 Å². The van der Waals surface area contributed by atoms with Gasteiger partial charge in [-0.15, -0.1) is 0 Å². The van der Waals surface area contributed by atoms with E-state index in [1.165, 1.54) is 23.5 Å². The Morgan fingerprint density at radius 2 is 1.96 bits per heavy atom. The number of hydrogen-bond donors (Lipinski definition) is 1. The van der Waals surface area contributed by atoms with Gasteiger partial charge in [-0.2, -0.15) is 24.5 Å². The molecule has 1 aliphatic heterocycles. The van der Waals surface area contributed by atoms with E-state index in [1.54, 1.807) is 11.8 Å². The molecular formula is C18H18F3NO2S. The number of amides is 1. The molecule has 1 fully saturated rings. The summed E-state index contributed by atoms with van der Waals surface area (Å²) in [5.74, 6) is -0.478. The molecule has 1 aliphatic rings.